The van der Waals surface area contributed by atoms with Gasteiger partial charge in [-0.05, 0) is 54.2 Å². The van der Waals surface area contributed by atoms with E-state index in [0.717, 1.165) is 6.42 Å². The minimum absolute atomic E-state index is 0.114. The van der Waals surface area contributed by atoms with Crippen LogP contribution < -0.4 is 5.43 Å². The zero-order valence-electron chi connectivity index (χ0n) is 14.9. The summed E-state index contributed by atoms with van der Waals surface area (Å²) in [6, 6.07) is 7.82. The van der Waals surface area contributed by atoms with Crippen molar-refractivity contribution in [1.82, 2.24) is 5.43 Å². The highest BCUT2D eigenvalue weighted by atomic mass is 16.2. The summed E-state index contributed by atoms with van der Waals surface area (Å²) in [5.41, 5.74) is 6.30. The summed E-state index contributed by atoms with van der Waals surface area (Å²) in [6.45, 7) is 11.3. The van der Waals surface area contributed by atoms with Crippen molar-refractivity contribution >= 4 is 11.6 Å². The van der Waals surface area contributed by atoms with Gasteiger partial charge in [-0.25, -0.2) is 5.43 Å². The molecule has 2 fully saturated rings. The average molecular weight is 312 g/mol. The van der Waals surface area contributed by atoms with Gasteiger partial charge in [0.1, 0.15) is 0 Å². The highest BCUT2D eigenvalue weighted by Crippen LogP contribution is 2.63. The fourth-order valence-corrected chi connectivity index (χ4v) is 4.30. The summed E-state index contributed by atoms with van der Waals surface area (Å²) in [5, 5.41) is 4.52. The number of nitrogens with one attached hydrogen (secondary N) is 1. The lowest BCUT2D eigenvalue weighted by atomic mass is 9.70. The van der Waals surface area contributed by atoms with Crippen molar-refractivity contribution in [3.63, 3.8) is 0 Å². The van der Waals surface area contributed by atoms with E-state index in [0.29, 0.717) is 17.4 Å². The number of rotatable bonds is 3. The van der Waals surface area contributed by atoms with Crippen molar-refractivity contribution < 1.29 is 4.79 Å². The molecule has 3 heteroatoms. The van der Waals surface area contributed by atoms with Crippen LogP contribution in [0, 0.1) is 16.7 Å². The number of fused-ring (bicyclic) bond motifs is 2. The largest absolute Gasteiger partial charge is 0.271 e. The molecule has 0 heterocycles. The van der Waals surface area contributed by atoms with Gasteiger partial charge in [0.15, 0.2) is 0 Å². The lowest BCUT2D eigenvalue weighted by molar-refractivity contribution is 0.0954. The number of benzene rings is 1. The molecule has 2 saturated carbocycles. The molecule has 3 rings (SSSR count). The predicted molar refractivity (Wildman–Crippen MR) is 94.7 cm³/mol. The van der Waals surface area contributed by atoms with Crippen LogP contribution >= 0.6 is 0 Å². The van der Waals surface area contributed by atoms with Gasteiger partial charge < -0.3 is 0 Å². The van der Waals surface area contributed by atoms with Crippen LogP contribution in [0.25, 0.3) is 0 Å². The first kappa shape index (κ1) is 16.2. The molecule has 0 spiro atoms. The smallest absolute Gasteiger partial charge is 0.267 e. The van der Waals surface area contributed by atoms with Crippen LogP contribution in [0.5, 0.6) is 0 Å². The standard InChI is InChI=1S/C20H28N2O/c1-13(2)14-6-8-15(9-7-14)18(23)22-21-17-12-16-10-11-20(17,5)19(16,3)4/h6-9,13,16H,10-12H2,1-5H3,(H,22,23)/b21-17-/t16-,20-/m0/s1. The van der Waals surface area contributed by atoms with Gasteiger partial charge in [0.25, 0.3) is 5.91 Å². The average Bonchev–Trinajstić information content (AvgIpc) is 2.85. The number of nitrogens with zero attached hydrogens (tertiary/aromatic N) is 1. The van der Waals surface area contributed by atoms with Crippen molar-refractivity contribution in [2.24, 2.45) is 21.8 Å². The van der Waals surface area contributed by atoms with Crippen LogP contribution in [-0.4, -0.2) is 11.6 Å². The van der Waals surface area contributed by atoms with E-state index in [-0.39, 0.29) is 16.7 Å². The topological polar surface area (TPSA) is 41.5 Å². The lowest BCUT2D eigenvalue weighted by Crippen LogP contribution is -2.34. The Morgan fingerprint density at radius 2 is 1.87 bits per heavy atom. The monoisotopic (exact) mass is 312 g/mol. The molecule has 1 N–H and O–H groups in total. The van der Waals surface area contributed by atoms with E-state index in [1.807, 2.05) is 24.3 Å². The van der Waals surface area contributed by atoms with Gasteiger partial charge in [-0.15, -0.1) is 0 Å². The van der Waals surface area contributed by atoms with Crippen LogP contribution in [0.2, 0.25) is 0 Å². The first-order valence-corrected chi connectivity index (χ1v) is 8.73. The molecule has 3 nitrogen and oxygen atoms in total. The van der Waals surface area contributed by atoms with E-state index in [9.17, 15) is 4.79 Å². The SMILES string of the molecule is CC(C)c1ccc(C(=O)N/N=C2/C[C@@H]3CC[C@]2(C)C3(C)C)cc1. The first-order valence-electron chi connectivity index (χ1n) is 8.73. The van der Waals surface area contributed by atoms with Crippen molar-refractivity contribution in [3.8, 4) is 0 Å². The molecule has 1 aromatic carbocycles. The number of hydrogen-bond donors (Lipinski definition) is 1. The summed E-state index contributed by atoms with van der Waals surface area (Å²) >= 11 is 0. The summed E-state index contributed by atoms with van der Waals surface area (Å²) < 4.78 is 0. The second-order valence-electron chi connectivity index (χ2n) is 8.27. The van der Waals surface area contributed by atoms with E-state index in [2.05, 4.69) is 45.1 Å². The highest BCUT2D eigenvalue weighted by molar-refractivity contribution is 5.98. The lowest BCUT2D eigenvalue weighted by Gasteiger charge is -2.34. The quantitative estimate of drug-likeness (QED) is 0.805. The maximum Gasteiger partial charge on any atom is 0.271 e. The van der Waals surface area contributed by atoms with Crippen molar-refractivity contribution in [2.75, 3.05) is 0 Å². The Morgan fingerprint density at radius 1 is 1.22 bits per heavy atom. The van der Waals surface area contributed by atoms with Gasteiger partial charge in [0, 0.05) is 16.7 Å². The molecule has 0 saturated heterocycles. The van der Waals surface area contributed by atoms with Crippen molar-refractivity contribution in [2.45, 2.75) is 59.8 Å². The molecule has 0 unspecified atom stereocenters. The second-order valence-corrected chi connectivity index (χ2v) is 8.27. The number of hydrazone groups is 1. The Kier molecular flexibility index (Phi) is 3.86. The minimum atomic E-state index is -0.114. The van der Waals surface area contributed by atoms with E-state index in [1.165, 1.54) is 24.1 Å². The highest BCUT2D eigenvalue weighted by Gasteiger charge is 2.59. The second kappa shape index (κ2) is 5.47. The van der Waals surface area contributed by atoms with Crippen LogP contribution in [0.15, 0.2) is 29.4 Å². The van der Waals surface area contributed by atoms with Gasteiger partial charge in [-0.1, -0.05) is 46.8 Å². The number of carbonyl (C=O) groups excluding carboxylic acids is 1. The molecule has 2 bridgehead atoms. The maximum atomic E-state index is 12.3. The number of hydrogen-bond acceptors (Lipinski definition) is 2. The van der Waals surface area contributed by atoms with Crippen LogP contribution in [0.3, 0.4) is 0 Å². The molecule has 2 aliphatic carbocycles. The normalized spacial score (nSPS) is 30.2. The van der Waals surface area contributed by atoms with Crippen LogP contribution in [-0.2, 0) is 0 Å². The Morgan fingerprint density at radius 3 is 2.35 bits per heavy atom. The predicted octanol–water partition coefficient (Wildman–Crippen LogP) is 4.74. The summed E-state index contributed by atoms with van der Waals surface area (Å²) in [4.78, 5) is 12.3. The maximum absolute atomic E-state index is 12.3. The third-order valence-corrected chi connectivity index (χ3v) is 6.64. The van der Waals surface area contributed by atoms with E-state index < -0.39 is 0 Å². The van der Waals surface area contributed by atoms with E-state index in [4.69, 9.17) is 0 Å². The van der Waals surface area contributed by atoms with E-state index in [1.54, 1.807) is 0 Å². The molecule has 1 amide bonds. The molecular formula is C20H28N2O. The zero-order valence-corrected chi connectivity index (χ0v) is 14.9. The molecule has 0 aliphatic heterocycles. The third kappa shape index (κ3) is 2.50. The van der Waals surface area contributed by atoms with Crippen LogP contribution in [0.4, 0.5) is 0 Å². The molecule has 0 radical (unpaired) electrons. The van der Waals surface area contributed by atoms with Gasteiger partial charge in [0.05, 0.1) is 0 Å². The van der Waals surface area contributed by atoms with Crippen molar-refractivity contribution in [3.05, 3.63) is 35.4 Å². The van der Waals surface area contributed by atoms with Gasteiger partial charge in [-0.2, -0.15) is 5.10 Å². The van der Waals surface area contributed by atoms with Gasteiger partial charge >= 0.3 is 0 Å². The third-order valence-electron chi connectivity index (χ3n) is 6.64. The van der Waals surface area contributed by atoms with E-state index >= 15 is 0 Å². The Bertz CT molecular complexity index is 642. The summed E-state index contributed by atoms with van der Waals surface area (Å²) in [5.74, 6) is 1.06. The molecule has 124 valence electrons. The number of carbonyl (C=O) groups is 1. The number of amides is 1. The Balaban J connectivity index is 1.72. The molecular weight excluding hydrogens is 284 g/mol. The molecule has 2 aliphatic rings. The van der Waals surface area contributed by atoms with Crippen LogP contribution in [0.1, 0.15) is 75.7 Å². The Labute approximate surface area is 139 Å². The molecule has 1 aromatic rings. The zero-order chi connectivity index (χ0) is 16.8. The Hall–Kier alpha value is -1.64. The molecule has 2 atom stereocenters. The van der Waals surface area contributed by atoms with Gasteiger partial charge in [0.2, 0.25) is 0 Å². The fourth-order valence-electron chi connectivity index (χ4n) is 4.30. The molecule has 0 aromatic heterocycles. The van der Waals surface area contributed by atoms with Crippen molar-refractivity contribution in [1.29, 1.82) is 0 Å². The summed E-state index contributed by atoms with van der Waals surface area (Å²) in [7, 11) is 0. The fraction of sp³-hybridized carbons (Fsp3) is 0.600. The molecule has 23 heavy (non-hydrogen) atoms. The minimum Gasteiger partial charge on any atom is -0.267 e. The summed E-state index contributed by atoms with van der Waals surface area (Å²) in [6.07, 6.45) is 3.49. The van der Waals surface area contributed by atoms with Gasteiger partial charge in [-0.3, -0.25) is 4.79 Å². The first-order chi connectivity index (χ1) is 10.8.